The minimum Gasteiger partial charge on any atom is -0.391 e. The van der Waals surface area contributed by atoms with Crippen molar-refractivity contribution in [3.63, 3.8) is 0 Å². The summed E-state index contributed by atoms with van der Waals surface area (Å²) in [5.41, 5.74) is 0.934. The minimum atomic E-state index is -0.601. The van der Waals surface area contributed by atoms with E-state index in [2.05, 4.69) is 10.4 Å². The summed E-state index contributed by atoms with van der Waals surface area (Å²) in [6.07, 6.45) is 2.71. The van der Waals surface area contributed by atoms with Crippen LogP contribution in [0.2, 0.25) is 0 Å². The molecule has 22 heavy (non-hydrogen) atoms. The molecule has 7 nitrogen and oxygen atoms in total. The van der Waals surface area contributed by atoms with Gasteiger partial charge in [0.15, 0.2) is 0 Å². The predicted octanol–water partition coefficient (Wildman–Crippen LogP) is 0.0696. The summed E-state index contributed by atoms with van der Waals surface area (Å²) in [4.78, 5) is 25.2. The first-order valence-electron chi connectivity index (χ1n) is 7.68. The van der Waals surface area contributed by atoms with E-state index < -0.39 is 6.10 Å². The molecule has 0 unspecified atom stereocenters. The SMILES string of the molecule is CC(=O)N[C@H]1CCN(C(=O)CCn2ccc(C)n2)CC[C@@H]1O. The van der Waals surface area contributed by atoms with E-state index in [1.807, 2.05) is 19.2 Å². The number of aliphatic hydroxyl groups excluding tert-OH is 1. The molecule has 0 spiro atoms. The van der Waals surface area contributed by atoms with Gasteiger partial charge >= 0.3 is 0 Å². The molecule has 2 amide bonds. The third-order valence-corrected chi connectivity index (χ3v) is 3.94. The van der Waals surface area contributed by atoms with Gasteiger partial charge in [-0.3, -0.25) is 14.3 Å². The summed E-state index contributed by atoms with van der Waals surface area (Å²) in [6.45, 7) is 4.98. The van der Waals surface area contributed by atoms with Gasteiger partial charge < -0.3 is 15.3 Å². The van der Waals surface area contributed by atoms with Crippen LogP contribution in [0.4, 0.5) is 0 Å². The van der Waals surface area contributed by atoms with Crippen LogP contribution >= 0.6 is 0 Å². The van der Waals surface area contributed by atoms with Crippen molar-refractivity contribution < 1.29 is 14.7 Å². The molecule has 2 atom stereocenters. The Morgan fingerprint density at radius 2 is 2.14 bits per heavy atom. The average molecular weight is 308 g/mol. The Labute approximate surface area is 130 Å². The largest absolute Gasteiger partial charge is 0.391 e. The van der Waals surface area contributed by atoms with Crippen molar-refractivity contribution in [1.82, 2.24) is 20.0 Å². The van der Waals surface area contributed by atoms with Gasteiger partial charge in [-0.1, -0.05) is 0 Å². The number of carbonyl (C=O) groups excluding carboxylic acids is 2. The molecule has 1 aromatic heterocycles. The lowest BCUT2D eigenvalue weighted by Crippen LogP contribution is -2.42. The maximum atomic E-state index is 12.3. The van der Waals surface area contributed by atoms with Gasteiger partial charge in [-0.15, -0.1) is 0 Å². The van der Waals surface area contributed by atoms with Crippen LogP contribution in [0.25, 0.3) is 0 Å². The zero-order chi connectivity index (χ0) is 16.1. The number of aryl methyl sites for hydroxylation is 2. The molecule has 1 aliphatic heterocycles. The Morgan fingerprint density at radius 3 is 2.77 bits per heavy atom. The fourth-order valence-corrected chi connectivity index (χ4v) is 2.72. The topological polar surface area (TPSA) is 87.5 Å². The number of nitrogens with one attached hydrogen (secondary N) is 1. The maximum absolute atomic E-state index is 12.3. The molecule has 1 saturated heterocycles. The molecule has 7 heteroatoms. The van der Waals surface area contributed by atoms with Gasteiger partial charge in [0.2, 0.25) is 11.8 Å². The second-order valence-corrected chi connectivity index (χ2v) is 5.80. The molecule has 0 aromatic carbocycles. The summed E-state index contributed by atoms with van der Waals surface area (Å²) in [5.74, 6) is -0.0956. The summed E-state index contributed by atoms with van der Waals surface area (Å²) < 4.78 is 1.76. The van der Waals surface area contributed by atoms with Crippen LogP contribution in [-0.4, -0.2) is 56.8 Å². The molecule has 2 N–H and O–H groups in total. The highest BCUT2D eigenvalue weighted by Gasteiger charge is 2.27. The highest BCUT2D eigenvalue weighted by molar-refractivity contribution is 5.76. The van der Waals surface area contributed by atoms with Gasteiger partial charge in [0.25, 0.3) is 0 Å². The van der Waals surface area contributed by atoms with Gasteiger partial charge in [-0.25, -0.2) is 0 Å². The molecular weight excluding hydrogens is 284 g/mol. The van der Waals surface area contributed by atoms with Crippen molar-refractivity contribution in [3.8, 4) is 0 Å². The van der Waals surface area contributed by atoms with E-state index in [0.717, 1.165) is 5.69 Å². The lowest BCUT2D eigenvalue weighted by atomic mass is 10.1. The van der Waals surface area contributed by atoms with Crippen LogP contribution < -0.4 is 5.32 Å². The van der Waals surface area contributed by atoms with E-state index in [0.29, 0.717) is 38.9 Å². The first-order chi connectivity index (χ1) is 10.5. The van der Waals surface area contributed by atoms with E-state index in [1.165, 1.54) is 6.92 Å². The molecule has 2 heterocycles. The summed E-state index contributed by atoms with van der Waals surface area (Å²) >= 11 is 0. The quantitative estimate of drug-likeness (QED) is 0.824. The molecule has 0 saturated carbocycles. The maximum Gasteiger partial charge on any atom is 0.224 e. The molecule has 2 rings (SSSR count). The molecule has 0 radical (unpaired) electrons. The highest BCUT2D eigenvalue weighted by Crippen LogP contribution is 2.13. The first kappa shape index (κ1) is 16.5. The number of carbonyl (C=O) groups is 2. The fraction of sp³-hybridized carbons (Fsp3) is 0.667. The molecule has 1 fully saturated rings. The number of likely N-dealkylation sites (tertiary alicyclic amines) is 1. The highest BCUT2D eigenvalue weighted by atomic mass is 16.3. The fourth-order valence-electron chi connectivity index (χ4n) is 2.72. The minimum absolute atomic E-state index is 0.0591. The third-order valence-electron chi connectivity index (χ3n) is 3.94. The lowest BCUT2D eigenvalue weighted by molar-refractivity contribution is -0.131. The molecule has 122 valence electrons. The molecule has 0 bridgehead atoms. The van der Waals surface area contributed by atoms with Gasteiger partial charge in [0.1, 0.15) is 0 Å². The van der Waals surface area contributed by atoms with E-state index in [1.54, 1.807) is 9.58 Å². The van der Waals surface area contributed by atoms with E-state index in [9.17, 15) is 14.7 Å². The number of nitrogens with zero attached hydrogens (tertiary/aromatic N) is 3. The second kappa shape index (κ2) is 7.40. The van der Waals surface area contributed by atoms with Gasteiger partial charge in [-0.2, -0.15) is 5.10 Å². The van der Waals surface area contributed by atoms with Crippen LogP contribution in [-0.2, 0) is 16.1 Å². The van der Waals surface area contributed by atoms with Crippen molar-refractivity contribution >= 4 is 11.8 Å². The van der Waals surface area contributed by atoms with E-state index >= 15 is 0 Å². The average Bonchev–Trinajstić information content (AvgIpc) is 2.79. The molecule has 1 aliphatic rings. The lowest BCUT2D eigenvalue weighted by Gasteiger charge is -2.21. The summed E-state index contributed by atoms with van der Waals surface area (Å²) in [7, 11) is 0. The van der Waals surface area contributed by atoms with Crippen LogP contribution in [0.1, 0.15) is 31.9 Å². The monoisotopic (exact) mass is 308 g/mol. The molecule has 1 aromatic rings. The van der Waals surface area contributed by atoms with Crippen molar-refractivity contribution in [1.29, 1.82) is 0 Å². The molecule has 0 aliphatic carbocycles. The van der Waals surface area contributed by atoms with Crippen molar-refractivity contribution in [2.75, 3.05) is 13.1 Å². The van der Waals surface area contributed by atoms with Crippen molar-refractivity contribution in [2.45, 2.75) is 51.8 Å². The smallest absolute Gasteiger partial charge is 0.224 e. The van der Waals surface area contributed by atoms with E-state index in [4.69, 9.17) is 0 Å². The van der Waals surface area contributed by atoms with Crippen molar-refractivity contribution in [2.24, 2.45) is 0 Å². The standard InChI is InChI=1S/C15H24N4O3/c1-11-3-9-19(17-11)10-6-15(22)18-7-4-13(16-12(2)20)14(21)5-8-18/h3,9,13-14,21H,4-8,10H2,1-2H3,(H,16,20)/t13-,14-/m0/s1. The third kappa shape index (κ3) is 4.56. The number of hydrogen-bond acceptors (Lipinski definition) is 4. The number of aliphatic hydroxyl groups is 1. The Morgan fingerprint density at radius 1 is 1.41 bits per heavy atom. The molecular formula is C15H24N4O3. The van der Waals surface area contributed by atoms with Gasteiger partial charge in [0, 0.05) is 39.2 Å². The Bertz CT molecular complexity index is 529. The van der Waals surface area contributed by atoms with Crippen LogP contribution in [0.15, 0.2) is 12.3 Å². The summed E-state index contributed by atoms with van der Waals surface area (Å²) in [5, 5.41) is 17.1. The number of hydrogen-bond donors (Lipinski definition) is 2. The second-order valence-electron chi connectivity index (χ2n) is 5.80. The Hall–Kier alpha value is -1.89. The normalized spacial score (nSPS) is 22.2. The predicted molar refractivity (Wildman–Crippen MR) is 81.0 cm³/mol. The Balaban J connectivity index is 1.84. The van der Waals surface area contributed by atoms with Gasteiger partial charge in [0.05, 0.1) is 17.8 Å². The van der Waals surface area contributed by atoms with Gasteiger partial charge in [-0.05, 0) is 25.8 Å². The number of amides is 2. The van der Waals surface area contributed by atoms with Crippen molar-refractivity contribution in [3.05, 3.63) is 18.0 Å². The zero-order valence-electron chi connectivity index (χ0n) is 13.2. The number of rotatable bonds is 4. The van der Waals surface area contributed by atoms with Crippen LogP contribution in [0.5, 0.6) is 0 Å². The van der Waals surface area contributed by atoms with E-state index in [-0.39, 0.29) is 17.9 Å². The van der Waals surface area contributed by atoms with Crippen LogP contribution in [0.3, 0.4) is 0 Å². The number of aromatic nitrogens is 2. The summed E-state index contributed by atoms with van der Waals surface area (Å²) in [6, 6.07) is 1.63. The zero-order valence-corrected chi connectivity index (χ0v) is 13.2. The van der Waals surface area contributed by atoms with Crippen LogP contribution in [0, 0.1) is 6.92 Å². The first-order valence-corrected chi connectivity index (χ1v) is 7.68. The Kier molecular flexibility index (Phi) is 5.54.